The number of hydrogen-bond donors (Lipinski definition) is 0. The second-order valence-corrected chi connectivity index (χ2v) is 13.2. The van der Waals surface area contributed by atoms with Crippen molar-refractivity contribution in [2.45, 2.75) is 27.7 Å². The van der Waals surface area contributed by atoms with E-state index < -0.39 is 0 Å². The van der Waals surface area contributed by atoms with Crippen molar-refractivity contribution >= 4 is 77.0 Å². The van der Waals surface area contributed by atoms with Gasteiger partial charge in [-0.25, -0.2) is 0 Å². The third-order valence-corrected chi connectivity index (χ3v) is 8.56. The molecule has 4 nitrogen and oxygen atoms in total. The van der Waals surface area contributed by atoms with E-state index in [4.69, 9.17) is 0 Å². The quantitative estimate of drug-likeness (QED) is 0.230. The Balaban J connectivity index is 1.67. The zero-order chi connectivity index (χ0) is 28.3. The molecular weight excluding hydrogens is 628 g/mol. The molecular formula is C34H30Br2N2O2. The molecule has 6 rings (SSSR count). The minimum atomic E-state index is 0.0243. The van der Waals surface area contributed by atoms with Crippen LogP contribution in [0, 0.1) is 11.8 Å². The molecule has 0 aliphatic carbocycles. The summed E-state index contributed by atoms with van der Waals surface area (Å²) in [5.74, 6) is 0.636. The molecule has 2 amide bonds. The first kappa shape index (κ1) is 27.0. The fourth-order valence-electron chi connectivity index (χ4n) is 5.93. The maximum Gasteiger partial charge on any atom is 0.259 e. The van der Waals surface area contributed by atoms with Gasteiger partial charge in [0.05, 0.1) is 22.5 Å². The number of rotatable bonds is 6. The minimum absolute atomic E-state index is 0.0243. The van der Waals surface area contributed by atoms with Crippen LogP contribution in [0.25, 0.3) is 21.9 Å². The zero-order valence-electron chi connectivity index (χ0n) is 23.0. The van der Waals surface area contributed by atoms with Crippen molar-refractivity contribution in [3.63, 3.8) is 0 Å². The summed E-state index contributed by atoms with van der Waals surface area (Å²) in [4.78, 5) is 31.9. The van der Waals surface area contributed by atoms with Crippen molar-refractivity contribution in [1.29, 1.82) is 0 Å². The maximum atomic E-state index is 14.0. The molecule has 0 bridgehead atoms. The molecule has 0 atom stereocenters. The third-order valence-electron chi connectivity index (χ3n) is 7.50. The van der Waals surface area contributed by atoms with Gasteiger partial charge in [-0.15, -0.1) is 0 Å². The van der Waals surface area contributed by atoms with Crippen molar-refractivity contribution in [3.05, 3.63) is 103 Å². The summed E-state index contributed by atoms with van der Waals surface area (Å²) in [5.41, 5.74) is 5.13. The molecule has 0 unspecified atom stereocenters. The van der Waals surface area contributed by atoms with Gasteiger partial charge >= 0.3 is 0 Å². The lowest BCUT2D eigenvalue weighted by molar-refractivity contribution is -0.114. The predicted octanol–water partition coefficient (Wildman–Crippen LogP) is 6.77. The van der Waals surface area contributed by atoms with Crippen LogP contribution in [-0.4, -0.2) is 24.9 Å². The highest BCUT2D eigenvalue weighted by Crippen LogP contribution is 2.38. The molecule has 0 N–H and O–H groups in total. The van der Waals surface area contributed by atoms with Gasteiger partial charge in [0.2, 0.25) is 0 Å². The molecule has 0 radical (unpaired) electrons. The normalized spacial score (nSPS) is 14.8. The summed E-state index contributed by atoms with van der Waals surface area (Å²) in [6.07, 6.45) is 0. The molecule has 0 aromatic heterocycles. The van der Waals surface area contributed by atoms with Crippen molar-refractivity contribution in [2.75, 3.05) is 22.9 Å². The Morgan fingerprint density at radius 2 is 0.900 bits per heavy atom. The van der Waals surface area contributed by atoms with Crippen LogP contribution >= 0.6 is 31.9 Å². The lowest BCUT2D eigenvalue weighted by Crippen LogP contribution is -2.33. The Morgan fingerprint density at radius 3 is 1.23 bits per heavy atom. The lowest BCUT2D eigenvalue weighted by atomic mass is 9.99. The number of amides is 2. The van der Waals surface area contributed by atoms with Crippen LogP contribution < -0.4 is 20.2 Å². The molecule has 6 heteroatoms. The van der Waals surface area contributed by atoms with Gasteiger partial charge in [-0.2, -0.15) is 0 Å². The molecule has 0 spiro atoms. The highest BCUT2D eigenvalue weighted by Gasteiger charge is 2.35. The van der Waals surface area contributed by atoms with E-state index in [-0.39, 0.29) is 11.8 Å². The molecule has 202 valence electrons. The topological polar surface area (TPSA) is 40.6 Å². The zero-order valence-corrected chi connectivity index (χ0v) is 26.1. The van der Waals surface area contributed by atoms with Crippen LogP contribution in [0.5, 0.6) is 0 Å². The van der Waals surface area contributed by atoms with E-state index in [1.165, 1.54) is 0 Å². The third kappa shape index (κ3) is 4.42. The van der Waals surface area contributed by atoms with Crippen molar-refractivity contribution in [1.82, 2.24) is 0 Å². The minimum Gasteiger partial charge on any atom is -0.307 e. The summed E-state index contributed by atoms with van der Waals surface area (Å²) in [5, 5.41) is 3.88. The molecule has 40 heavy (non-hydrogen) atoms. The van der Waals surface area contributed by atoms with Gasteiger partial charge in [0, 0.05) is 43.2 Å². The standard InChI is InChI=1S/C34H30Br2N2O2/c1-19(2)17-37-31-25-13-16-28-30(22-7-11-24(36)12-8-22)34(40)38(18-20(3)4)32(28)26(25)14-15-27(31)29(33(37)39)21-5-9-23(35)10-6-21/h5-16,19-20H,17-18H2,1-4H3. The van der Waals surface area contributed by atoms with E-state index in [2.05, 4.69) is 83.8 Å². The van der Waals surface area contributed by atoms with Crippen LogP contribution in [0.4, 0.5) is 11.4 Å². The first-order valence-electron chi connectivity index (χ1n) is 13.7. The highest BCUT2D eigenvalue weighted by atomic mass is 79.9. The Kier molecular flexibility index (Phi) is 6.96. The van der Waals surface area contributed by atoms with Gasteiger partial charge < -0.3 is 9.80 Å². The first-order valence-corrected chi connectivity index (χ1v) is 15.2. The smallest absolute Gasteiger partial charge is 0.259 e. The van der Waals surface area contributed by atoms with Gasteiger partial charge in [0.25, 0.3) is 11.8 Å². The Morgan fingerprint density at radius 1 is 0.550 bits per heavy atom. The van der Waals surface area contributed by atoms with Crippen molar-refractivity contribution < 1.29 is 9.59 Å². The fourth-order valence-corrected chi connectivity index (χ4v) is 6.46. The Labute approximate surface area is 251 Å². The van der Waals surface area contributed by atoms with Gasteiger partial charge in [-0.3, -0.25) is 9.59 Å². The second kappa shape index (κ2) is 10.3. The van der Waals surface area contributed by atoms with E-state index >= 15 is 0 Å². The number of nitrogens with zero attached hydrogens (tertiary/aromatic N) is 2. The van der Waals surface area contributed by atoms with Crippen LogP contribution in [0.1, 0.15) is 38.8 Å². The molecule has 2 aliphatic heterocycles. The van der Waals surface area contributed by atoms with E-state index in [0.717, 1.165) is 63.8 Å². The van der Waals surface area contributed by atoms with Crippen molar-refractivity contribution in [3.8, 4) is 0 Å². The number of carbonyl (C=O) groups is 2. The highest BCUT2D eigenvalue weighted by molar-refractivity contribution is 9.10. The summed E-state index contributed by atoms with van der Waals surface area (Å²) in [6, 6.07) is 24.2. The number of benzene rings is 4. The van der Waals surface area contributed by atoms with Crippen LogP contribution in [0.3, 0.4) is 0 Å². The molecule has 2 heterocycles. The van der Waals surface area contributed by atoms with E-state index in [9.17, 15) is 9.59 Å². The summed E-state index contributed by atoms with van der Waals surface area (Å²) in [7, 11) is 0. The second-order valence-electron chi connectivity index (χ2n) is 11.4. The average molecular weight is 658 g/mol. The Hall–Kier alpha value is -3.22. The first-order chi connectivity index (χ1) is 19.2. The number of fused-ring (bicyclic) bond motifs is 5. The number of hydrogen-bond acceptors (Lipinski definition) is 2. The summed E-state index contributed by atoms with van der Waals surface area (Å²) < 4.78 is 1.95. The van der Waals surface area contributed by atoms with Gasteiger partial charge in [0.1, 0.15) is 0 Å². The molecule has 4 aromatic carbocycles. The average Bonchev–Trinajstić information content (AvgIpc) is 3.35. The monoisotopic (exact) mass is 656 g/mol. The lowest BCUT2D eigenvalue weighted by Gasteiger charge is -2.25. The van der Waals surface area contributed by atoms with E-state index in [0.29, 0.717) is 24.9 Å². The van der Waals surface area contributed by atoms with Crippen molar-refractivity contribution in [2.24, 2.45) is 11.8 Å². The largest absolute Gasteiger partial charge is 0.307 e. The van der Waals surface area contributed by atoms with Gasteiger partial charge in [0.15, 0.2) is 0 Å². The SMILES string of the molecule is CC(C)CN1C(=O)C(c2ccc(Br)cc2)=c2ccc3c4c(ccc3c21)=C(c1ccc(Br)cc1)C(=O)N4CC(C)C. The van der Waals surface area contributed by atoms with Crippen LogP contribution in [0.2, 0.25) is 0 Å². The predicted molar refractivity (Wildman–Crippen MR) is 171 cm³/mol. The summed E-state index contributed by atoms with van der Waals surface area (Å²) in [6.45, 7) is 9.78. The fraction of sp³-hybridized carbons (Fsp3) is 0.235. The number of halogens is 2. The van der Waals surface area contributed by atoms with E-state index in [1.54, 1.807) is 0 Å². The number of anilines is 2. The Bertz CT molecular complexity index is 1670. The van der Waals surface area contributed by atoms with Crippen LogP contribution in [0.15, 0.2) is 81.7 Å². The van der Waals surface area contributed by atoms with E-state index in [1.807, 2.05) is 58.3 Å². The van der Waals surface area contributed by atoms with Gasteiger partial charge in [-0.1, -0.05) is 108 Å². The molecule has 4 aromatic rings. The number of carbonyl (C=O) groups excluding carboxylic acids is 2. The molecule has 0 fully saturated rings. The molecule has 2 aliphatic rings. The summed E-state index contributed by atoms with van der Waals surface area (Å²) >= 11 is 7.04. The van der Waals surface area contributed by atoms with Gasteiger partial charge in [-0.05, 0) is 47.2 Å². The van der Waals surface area contributed by atoms with Crippen LogP contribution in [-0.2, 0) is 9.59 Å². The maximum absolute atomic E-state index is 14.0. The molecule has 0 saturated heterocycles. The molecule has 0 saturated carbocycles.